The van der Waals surface area contributed by atoms with Crippen LogP contribution in [0.1, 0.15) is 0 Å². The molecular weight excluding hydrogens is 827 g/mol. The average molecular weight is 868 g/mol. The Bertz CT molecular complexity index is 3980. The Labute approximate surface area is 393 Å². The summed E-state index contributed by atoms with van der Waals surface area (Å²) in [5, 5.41) is 4.89. The van der Waals surface area contributed by atoms with Gasteiger partial charge in [0.05, 0.1) is 22.1 Å². The molecule has 0 aliphatic heterocycles. The highest BCUT2D eigenvalue weighted by Gasteiger charge is 2.18. The lowest BCUT2D eigenvalue weighted by Crippen LogP contribution is -2.01. The van der Waals surface area contributed by atoms with Crippen molar-refractivity contribution in [1.29, 1.82) is 0 Å². The van der Waals surface area contributed by atoms with E-state index in [1.165, 1.54) is 60.4 Å². The second kappa shape index (κ2) is 16.4. The first kappa shape index (κ1) is 39.2. The summed E-state index contributed by atoms with van der Waals surface area (Å²) < 4.78 is 4.72. The fourth-order valence-corrected chi connectivity index (χ4v) is 9.87. The Hall–Kier alpha value is -9.19. The van der Waals surface area contributed by atoms with Gasteiger partial charge in [0.25, 0.3) is 0 Å². The van der Waals surface area contributed by atoms with Crippen LogP contribution in [0.2, 0.25) is 0 Å². The van der Waals surface area contributed by atoms with E-state index in [-0.39, 0.29) is 0 Å². The molecule has 0 radical (unpaired) electrons. The lowest BCUT2D eigenvalue weighted by Gasteiger charge is -2.12. The molecule has 0 atom stereocenters. The largest absolute Gasteiger partial charge is 0.309 e. The van der Waals surface area contributed by atoms with Gasteiger partial charge in [-0.3, -0.25) is 0 Å². The summed E-state index contributed by atoms with van der Waals surface area (Å²) in [6, 6.07) is 88.3. The maximum absolute atomic E-state index is 5.12. The summed E-state index contributed by atoms with van der Waals surface area (Å²) in [5.41, 5.74) is 16.7. The average Bonchev–Trinajstić information content (AvgIpc) is 3.94. The predicted molar refractivity (Wildman–Crippen MR) is 281 cm³/mol. The predicted octanol–water partition coefficient (Wildman–Crippen LogP) is 16.1. The van der Waals surface area contributed by atoms with Crippen molar-refractivity contribution < 1.29 is 0 Å². The molecule has 0 unspecified atom stereocenters. The van der Waals surface area contributed by atoms with Crippen molar-refractivity contribution in [2.45, 2.75) is 0 Å². The summed E-state index contributed by atoms with van der Waals surface area (Å²) in [6.45, 7) is 0. The minimum atomic E-state index is 0.619. The van der Waals surface area contributed by atoms with Gasteiger partial charge in [0.2, 0.25) is 0 Å². The number of hydrogen-bond acceptors (Lipinski definition) is 3. The summed E-state index contributed by atoms with van der Waals surface area (Å²) in [7, 11) is 0. The number of nitrogens with zero attached hydrogens (tertiary/aromatic N) is 5. The van der Waals surface area contributed by atoms with E-state index in [0.717, 1.165) is 44.7 Å². The van der Waals surface area contributed by atoms with Gasteiger partial charge in [0.15, 0.2) is 17.5 Å². The van der Waals surface area contributed by atoms with Gasteiger partial charge in [-0.15, -0.1) is 0 Å². The zero-order valence-corrected chi connectivity index (χ0v) is 36.9. The second-order valence-electron chi connectivity index (χ2n) is 17.2. The second-order valence-corrected chi connectivity index (χ2v) is 17.2. The van der Waals surface area contributed by atoms with Gasteiger partial charge >= 0.3 is 0 Å². The van der Waals surface area contributed by atoms with Crippen LogP contribution < -0.4 is 0 Å². The molecule has 0 bridgehead atoms. The molecule has 0 saturated heterocycles. The van der Waals surface area contributed by atoms with E-state index < -0.39 is 0 Å². The monoisotopic (exact) mass is 867 g/mol. The van der Waals surface area contributed by atoms with Gasteiger partial charge in [0, 0.05) is 49.6 Å². The van der Waals surface area contributed by atoms with E-state index in [1.807, 2.05) is 36.4 Å². The maximum Gasteiger partial charge on any atom is 0.164 e. The molecular formula is C63H41N5. The number of aromatic nitrogens is 5. The molecule has 0 aliphatic carbocycles. The summed E-state index contributed by atoms with van der Waals surface area (Å²) in [5.74, 6) is 1.88. The number of rotatable bonds is 8. The molecule has 10 aromatic carbocycles. The third kappa shape index (κ3) is 6.84. The third-order valence-corrected chi connectivity index (χ3v) is 13.2. The van der Waals surface area contributed by atoms with Crippen LogP contribution >= 0.6 is 0 Å². The topological polar surface area (TPSA) is 48.5 Å². The van der Waals surface area contributed by atoms with Gasteiger partial charge in [-0.05, 0) is 94.0 Å². The number of fused-ring (bicyclic) bond motifs is 6. The van der Waals surface area contributed by atoms with Crippen LogP contribution in [0.5, 0.6) is 0 Å². The summed E-state index contributed by atoms with van der Waals surface area (Å²) >= 11 is 0. The van der Waals surface area contributed by atoms with Crippen LogP contribution in [0.4, 0.5) is 0 Å². The minimum Gasteiger partial charge on any atom is -0.309 e. The third-order valence-electron chi connectivity index (χ3n) is 13.2. The molecule has 3 aromatic heterocycles. The Morgan fingerprint density at radius 3 is 1.09 bits per heavy atom. The van der Waals surface area contributed by atoms with Gasteiger partial charge in [-0.2, -0.15) is 0 Å². The zero-order valence-electron chi connectivity index (χ0n) is 36.9. The first-order valence-electron chi connectivity index (χ1n) is 23.0. The van der Waals surface area contributed by atoms with Crippen LogP contribution in [0.3, 0.4) is 0 Å². The van der Waals surface area contributed by atoms with Crippen LogP contribution in [-0.2, 0) is 0 Å². The smallest absolute Gasteiger partial charge is 0.164 e. The summed E-state index contributed by atoms with van der Waals surface area (Å²) in [6.07, 6.45) is 0. The molecule has 0 amide bonds. The fourth-order valence-electron chi connectivity index (χ4n) is 9.87. The molecule has 0 spiro atoms. The highest BCUT2D eigenvalue weighted by molar-refractivity contribution is 6.11. The van der Waals surface area contributed by atoms with Crippen LogP contribution in [0.25, 0.3) is 123 Å². The van der Waals surface area contributed by atoms with E-state index in [2.05, 4.69) is 221 Å². The Morgan fingerprint density at radius 1 is 0.206 bits per heavy atom. The molecule has 0 aliphatic rings. The molecule has 0 fully saturated rings. The van der Waals surface area contributed by atoms with E-state index in [0.29, 0.717) is 17.5 Å². The van der Waals surface area contributed by atoms with Gasteiger partial charge in [-0.25, -0.2) is 15.0 Å². The van der Waals surface area contributed by atoms with Crippen molar-refractivity contribution in [2.24, 2.45) is 0 Å². The zero-order chi connectivity index (χ0) is 45.0. The van der Waals surface area contributed by atoms with Crippen molar-refractivity contribution in [3.8, 4) is 78.9 Å². The van der Waals surface area contributed by atoms with Crippen LogP contribution in [0.15, 0.2) is 249 Å². The molecule has 0 N–H and O–H groups in total. The Kier molecular flexibility index (Phi) is 9.43. The number of para-hydroxylation sites is 3. The van der Waals surface area contributed by atoms with Crippen molar-refractivity contribution in [2.75, 3.05) is 0 Å². The van der Waals surface area contributed by atoms with Gasteiger partial charge < -0.3 is 9.13 Å². The normalized spacial score (nSPS) is 11.5. The quantitative estimate of drug-likeness (QED) is 0.153. The molecule has 68 heavy (non-hydrogen) atoms. The van der Waals surface area contributed by atoms with Crippen molar-refractivity contribution in [3.63, 3.8) is 0 Å². The van der Waals surface area contributed by atoms with Crippen LogP contribution in [-0.4, -0.2) is 24.1 Å². The van der Waals surface area contributed by atoms with Crippen molar-refractivity contribution in [1.82, 2.24) is 24.1 Å². The van der Waals surface area contributed by atoms with Crippen LogP contribution in [0, 0.1) is 0 Å². The van der Waals surface area contributed by atoms with Crippen molar-refractivity contribution in [3.05, 3.63) is 249 Å². The van der Waals surface area contributed by atoms with Gasteiger partial charge in [0.1, 0.15) is 0 Å². The standard InChI is InChI=1S/C63H41N5/c1-4-15-42(16-5-1)43-31-33-47(34-32-43)62-64-61(46-17-6-2-7-18-46)65-63(66-62)50-19-14-22-52(39-50)68-58-26-13-11-24-54(58)56-41-49(36-38-60(56)68)45-29-27-44(28-30-45)48-35-37-59-55(40-48)53-23-10-12-25-57(53)67(59)51-20-8-3-9-21-51/h1-41H. The SMILES string of the molecule is c1ccc(-c2ccc(-c3nc(-c4ccccc4)nc(-c4cccc(-n5c6ccccc6c6cc(-c7ccc(-c8ccc9c(c8)c8ccccc8n9-c8ccccc8)cc7)ccc65)c4)n3)cc2)cc1. The fraction of sp³-hybridized carbons (Fsp3) is 0. The molecule has 5 nitrogen and oxygen atoms in total. The van der Waals surface area contributed by atoms with Gasteiger partial charge in [-0.1, -0.05) is 188 Å². The molecule has 13 aromatic rings. The summed E-state index contributed by atoms with van der Waals surface area (Å²) in [4.78, 5) is 15.2. The number of benzene rings is 10. The van der Waals surface area contributed by atoms with Crippen molar-refractivity contribution >= 4 is 43.6 Å². The molecule has 3 heterocycles. The first-order valence-corrected chi connectivity index (χ1v) is 23.0. The number of hydrogen-bond donors (Lipinski definition) is 0. The molecule has 318 valence electrons. The molecule has 5 heteroatoms. The Balaban J connectivity index is 0.856. The minimum absolute atomic E-state index is 0.619. The van der Waals surface area contributed by atoms with E-state index in [9.17, 15) is 0 Å². The van der Waals surface area contributed by atoms with E-state index >= 15 is 0 Å². The van der Waals surface area contributed by atoms with E-state index in [1.54, 1.807) is 0 Å². The highest BCUT2D eigenvalue weighted by Crippen LogP contribution is 2.38. The van der Waals surface area contributed by atoms with E-state index in [4.69, 9.17) is 15.0 Å². The molecule has 0 saturated carbocycles. The Morgan fingerprint density at radius 2 is 0.544 bits per heavy atom. The molecule has 13 rings (SSSR count). The maximum atomic E-state index is 5.12. The first-order chi connectivity index (χ1) is 33.7. The highest BCUT2D eigenvalue weighted by atomic mass is 15.0. The lowest BCUT2D eigenvalue weighted by atomic mass is 9.98. The lowest BCUT2D eigenvalue weighted by molar-refractivity contribution is 1.07.